The molecule has 0 aliphatic rings. The van der Waals surface area contributed by atoms with E-state index in [1.165, 1.54) is 0 Å². The standard InChI is InChI=1S/C11H19N3/c1-7(2)5-9-6-10(12)14-11(13-9)8(3)4/h6-8H,5H2,1-4H3,(H2,12,13,14). The molecule has 2 N–H and O–H groups in total. The second-order valence-corrected chi connectivity index (χ2v) is 4.40. The van der Waals surface area contributed by atoms with E-state index in [0.29, 0.717) is 17.7 Å². The molecule has 14 heavy (non-hydrogen) atoms. The van der Waals surface area contributed by atoms with Gasteiger partial charge in [-0.2, -0.15) is 0 Å². The number of nitrogens with two attached hydrogens (primary N) is 1. The molecular weight excluding hydrogens is 174 g/mol. The molecule has 1 heterocycles. The van der Waals surface area contributed by atoms with Crippen molar-refractivity contribution in [2.24, 2.45) is 5.92 Å². The first kappa shape index (κ1) is 11.0. The average Bonchev–Trinajstić information content (AvgIpc) is 2.01. The van der Waals surface area contributed by atoms with E-state index in [1.807, 2.05) is 6.07 Å². The molecule has 0 radical (unpaired) electrons. The zero-order chi connectivity index (χ0) is 10.7. The molecule has 3 heteroatoms. The van der Waals surface area contributed by atoms with Crippen LogP contribution >= 0.6 is 0 Å². The first-order chi connectivity index (χ1) is 6.49. The Hall–Kier alpha value is -1.12. The van der Waals surface area contributed by atoms with Gasteiger partial charge in [0.1, 0.15) is 11.6 Å². The van der Waals surface area contributed by atoms with Crippen LogP contribution in [0.15, 0.2) is 6.07 Å². The second kappa shape index (κ2) is 4.40. The zero-order valence-electron chi connectivity index (χ0n) is 9.41. The van der Waals surface area contributed by atoms with Crippen molar-refractivity contribution in [3.05, 3.63) is 17.6 Å². The molecule has 0 amide bonds. The topological polar surface area (TPSA) is 51.8 Å². The number of aromatic nitrogens is 2. The van der Waals surface area contributed by atoms with Crippen LogP contribution in [0.4, 0.5) is 5.82 Å². The number of anilines is 1. The molecule has 0 aliphatic carbocycles. The quantitative estimate of drug-likeness (QED) is 0.801. The van der Waals surface area contributed by atoms with Crippen LogP contribution in [0.3, 0.4) is 0 Å². The maximum Gasteiger partial charge on any atom is 0.133 e. The Morgan fingerprint density at radius 1 is 1.21 bits per heavy atom. The van der Waals surface area contributed by atoms with Gasteiger partial charge in [0.05, 0.1) is 0 Å². The smallest absolute Gasteiger partial charge is 0.133 e. The summed E-state index contributed by atoms with van der Waals surface area (Å²) in [4.78, 5) is 8.69. The van der Waals surface area contributed by atoms with E-state index in [0.717, 1.165) is 17.9 Å². The fourth-order valence-corrected chi connectivity index (χ4v) is 1.32. The van der Waals surface area contributed by atoms with Crippen molar-refractivity contribution in [2.45, 2.75) is 40.0 Å². The summed E-state index contributed by atoms with van der Waals surface area (Å²) < 4.78 is 0. The van der Waals surface area contributed by atoms with E-state index in [-0.39, 0.29) is 0 Å². The van der Waals surface area contributed by atoms with E-state index in [1.54, 1.807) is 0 Å². The van der Waals surface area contributed by atoms with Crippen molar-refractivity contribution in [3.8, 4) is 0 Å². The van der Waals surface area contributed by atoms with Gasteiger partial charge >= 0.3 is 0 Å². The predicted molar refractivity (Wildman–Crippen MR) is 59.1 cm³/mol. The van der Waals surface area contributed by atoms with Gasteiger partial charge in [0.2, 0.25) is 0 Å². The molecule has 0 saturated carbocycles. The lowest BCUT2D eigenvalue weighted by Gasteiger charge is -2.09. The van der Waals surface area contributed by atoms with Gasteiger partial charge in [-0.3, -0.25) is 0 Å². The summed E-state index contributed by atoms with van der Waals surface area (Å²) in [6.45, 7) is 8.50. The molecule has 0 unspecified atom stereocenters. The van der Waals surface area contributed by atoms with Crippen LogP contribution in [-0.4, -0.2) is 9.97 Å². The third-order valence-electron chi connectivity index (χ3n) is 1.95. The third-order valence-corrected chi connectivity index (χ3v) is 1.95. The zero-order valence-corrected chi connectivity index (χ0v) is 9.41. The molecule has 0 aliphatic heterocycles. The monoisotopic (exact) mass is 193 g/mol. The molecule has 3 nitrogen and oxygen atoms in total. The Kier molecular flexibility index (Phi) is 3.44. The summed E-state index contributed by atoms with van der Waals surface area (Å²) in [5, 5.41) is 0. The fourth-order valence-electron chi connectivity index (χ4n) is 1.32. The van der Waals surface area contributed by atoms with Gasteiger partial charge in [-0.15, -0.1) is 0 Å². The molecule has 1 aromatic rings. The Labute approximate surface area is 85.8 Å². The van der Waals surface area contributed by atoms with Crippen LogP contribution < -0.4 is 5.73 Å². The summed E-state index contributed by atoms with van der Waals surface area (Å²) in [5.41, 5.74) is 6.77. The molecular formula is C11H19N3. The second-order valence-electron chi connectivity index (χ2n) is 4.40. The maximum absolute atomic E-state index is 5.72. The molecule has 0 fully saturated rings. The van der Waals surface area contributed by atoms with Gasteiger partial charge in [0, 0.05) is 17.7 Å². The van der Waals surface area contributed by atoms with Gasteiger partial charge in [-0.25, -0.2) is 9.97 Å². The largest absolute Gasteiger partial charge is 0.384 e. The number of hydrogen-bond donors (Lipinski definition) is 1. The predicted octanol–water partition coefficient (Wildman–Crippen LogP) is 2.38. The van der Waals surface area contributed by atoms with Crippen LogP contribution in [0.2, 0.25) is 0 Å². The van der Waals surface area contributed by atoms with Crippen molar-refractivity contribution in [1.82, 2.24) is 9.97 Å². The van der Waals surface area contributed by atoms with Crippen molar-refractivity contribution >= 4 is 5.82 Å². The van der Waals surface area contributed by atoms with Gasteiger partial charge in [-0.1, -0.05) is 27.7 Å². The molecule has 1 rings (SSSR count). The highest BCUT2D eigenvalue weighted by Crippen LogP contribution is 2.14. The summed E-state index contributed by atoms with van der Waals surface area (Å²) in [5.74, 6) is 2.37. The first-order valence-electron chi connectivity index (χ1n) is 5.12. The van der Waals surface area contributed by atoms with Crippen molar-refractivity contribution < 1.29 is 0 Å². The van der Waals surface area contributed by atoms with E-state index in [4.69, 9.17) is 5.73 Å². The Balaban J connectivity index is 2.95. The molecule has 0 saturated heterocycles. The lowest BCUT2D eigenvalue weighted by atomic mass is 10.1. The van der Waals surface area contributed by atoms with E-state index in [9.17, 15) is 0 Å². The Morgan fingerprint density at radius 3 is 2.36 bits per heavy atom. The van der Waals surface area contributed by atoms with Crippen LogP contribution in [0, 0.1) is 5.92 Å². The van der Waals surface area contributed by atoms with Crippen LogP contribution in [0.1, 0.15) is 45.1 Å². The molecule has 1 aromatic heterocycles. The molecule has 0 aromatic carbocycles. The van der Waals surface area contributed by atoms with E-state index in [2.05, 4.69) is 37.7 Å². The van der Waals surface area contributed by atoms with Gasteiger partial charge in [0.25, 0.3) is 0 Å². The van der Waals surface area contributed by atoms with E-state index >= 15 is 0 Å². The maximum atomic E-state index is 5.72. The number of nitrogen functional groups attached to an aromatic ring is 1. The van der Waals surface area contributed by atoms with Crippen molar-refractivity contribution in [1.29, 1.82) is 0 Å². The summed E-state index contributed by atoms with van der Waals surface area (Å²) >= 11 is 0. The first-order valence-corrected chi connectivity index (χ1v) is 5.12. The minimum absolute atomic E-state index is 0.337. The fraction of sp³-hybridized carbons (Fsp3) is 0.636. The summed E-state index contributed by atoms with van der Waals surface area (Å²) in [6.07, 6.45) is 0.965. The average molecular weight is 193 g/mol. The van der Waals surface area contributed by atoms with E-state index < -0.39 is 0 Å². The van der Waals surface area contributed by atoms with Crippen LogP contribution in [0.25, 0.3) is 0 Å². The highest BCUT2D eigenvalue weighted by molar-refractivity contribution is 5.30. The minimum atomic E-state index is 0.337. The highest BCUT2D eigenvalue weighted by atomic mass is 14.9. The van der Waals surface area contributed by atoms with Crippen molar-refractivity contribution in [2.75, 3.05) is 5.73 Å². The molecule has 0 bridgehead atoms. The SMILES string of the molecule is CC(C)Cc1cc(N)nc(C(C)C)n1. The molecule has 0 atom stereocenters. The summed E-state index contributed by atoms with van der Waals surface area (Å²) in [6, 6.07) is 1.87. The van der Waals surface area contributed by atoms with Gasteiger partial charge < -0.3 is 5.73 Å². The third kappa shape index (κ3) is 2.98. The normalized spacial score (nSPS) is 11.3. The Bertz CT molecular complexity index is 305. The van der Waals surface area contributed by atoms with Crippen molar-refractivity contribution in [3.63, 3.8) is 0 Å². The number of nitrogens with zero attached hydrogens (tertiary/aromatic N) is 2. The minimum Gasteiger partial charge on any atom is -0.384 e. The summed E-state index contributed by atoms with van der Waals surface area (Å²) in [7, 11) is 0. The molecule has 0 spiro atoms. The number of rotatable bonds is 3. The lowest BCUT2D eigenvalue weighted by molar-refractivity contribution is 0.626. The lowest BCUT2D eigenvalue weighted by Crippen LogP contribution is -2.06. The van der Waals surface area contributed by atoms with Gasteiger partial charge in [0.15, 0.2) is 0 Å². The number of hydrogen-bond acceptors (Lipinski definition) is 3. The molecule has 78 valence electrons. The van der Waals surface area contributed by atoms with Crippen LogP contribution in [0.5, 0.6) is 0 Å². The van der Waals surface area contributed by atoms with Gasteiger partial charge in [-0.05, 0) is 12.3 Å². The Morgan fingerprint density at radius 2 is 1.86 bits per heavy atom. The van der Waals surface area contributed by atoms with Crippen LogP contribution in [-0.2, 0) is 6.42 Å². The highest BCUT2D eigenvalue weighted by Gasteiger charge is 2.07.